The maximum atomic E-state index is 12.9. The van der Waals surface area contributed by atoms with Crippen molar-refractivity contribution in [2.45, 2.75) is 18.9 Å². The molecule has 31 heavy (non-hydrogen) atoms. The highest BCUT2D eigenvalue weighted by Crippen LogP contribution is 2.28. The molecule has 0 fully saturated rings. The molecule has 1 atom stereocenters. The summed E-state index contributed by atoms with van der Waals surface area (Å²) in [6.07, 6.45) is 2.76. The van der Waals surface area contributed by atoms with Crippen LogP contribution in [-0.4, -0.2) is 20.6 Å². The van der Waals surface area contributed by atoms with Gasteiger partial charge in [-0.3, -0.25) is 14.3 Å². The summed E-state index contributed by atoms with van der Waals surface area (Å²) in [6.45, 7) is 0. The van der Waals surface area contributed by atoms with Crippen LogP contribution < -0.4 is 15.8 Å². The van der Waals surface area contributed by atoms with E-state index in [4.69, 9.17) is 9.26 Å². The summed E-state index contributed by atoms with van der Waals surface area (Å²) in [6, 6.07) is 19.6. The topological polar surface area (TPSA) is 99.2 Å². The van der Waals surface area contributed by atoms with Gasteiger partial charge in [0.25, 0.3) is 5.91 Å². The Bertz CT molecular complexity index is 1300. The van der Waals surface area contributed by atoms with Crippen LogP contribution in [0.2, 0.25) is 0 Å². The van der Waals surface area contributed by atoms with Gasteiger partial charge in [0, 0.05) is 12.3 Å². The Kier molecular flexibility index (Phi) is 4.80. The van der Waals surface area contributed by atoms with Gasteiger partial charge in [-0.05, 0) is 42.7 Å². The molecule has 2 aromatic heterocycles. The molecule has 8 nitrogen and oxygen atoms in total. The van der Waals surface area contributed by atoms with Crippen LogP contribution in [0.3, 0.4) is 0 Å². The van der Waals surface area contributed by atoms with Crippen molar-refractivity contribution in [1.29, 1.82) is 0 Å². The molecule has 3 heterocycles. The zero-order chi connectivity index (χ0) is 21.2. The summed E-state index contributed by atoms with van der Waals surface area (Å²) in [7, 11) is 0. The number of aryl methyl sites for hydroxylation is 1. The second-order valence-electron chi connectivity index (χ2n) is 7.13. The number of ether oxygens (including phenoxy) is 1. The lowest BCUT2D eigenvalue weighted by Gasteiger charge is -2.15. The molecule has 1 unspecified atom stereocenters. The van der Waals surface area contributed by atoms with E-state index in [0.717, 1.165) is 11.3 Å². The van der Waals surface area contributed by atoms with Gasteiger partial charge in [0.1, 0.15) is 17.2 Å². The number of hydrogen-bond acceptors (Lipinski definition) is 6. The number of benzene rings is 2. The highest BCUT2D eigenvalue weighted by atomic mass is 16.5. The third kappa shape index (κ3) is 3.71. The molecule has 0 saturated heterocycles. The minimum Gasteiger partial charge on any atom is -0.457 e. The quantitative estimate of drug-likeness (QED) is 0.549. The van der Waals surface area contributed by atoms with Gasteiger partial charge in [0.15, 0.2) is 5.82 Å². The number of aromatic nitrogens is 3. The van der Waals surface area contributed by atoms with Crippen molar-refractivity contribution in [3.8, 4) is 17.2 Å². The molecular formula is C23H18N4O4. The number of para-hydroxylation sites is 2. The van der Waals surface area contributed by atoms with Gasteiger partial charge in [-0.15, -0.1) is 0 Å². The van der Waals surface area contributed by atoms with Crippen LogP contribution in [0.15, 0.2) is 82.2 Å². The lowest BCUT2D eigenvalue weighted by Crippen LogP contribution is -2.31. The second kappa shape index (κ2) is 7.91. The Hall–Kier alpha value is -4.20. The highest BCUT2D eigenvalue weighted by molar-refractivity contribution is 5.92. The number of amides is 1. The van der Waals surface area contributed by atoms with Gasteiger partial charge in [-0.2, -0.15) is 0 Å². The van der Waals surface area contributed by atoms with E-state index in [0.29, 0.717) is 30.2 Å². The van der Waals surface area contributed by atoms with Gasteiger partial charge >= 0.3 is 5.76 Å². The van der Waals surface area contributed by atoms with E-state index in [1.54, 1.807) is 12.1 Å². The Morgan fingerprint density at radius 3 is 2.74 bits per heavy atom. The van der Waals surface area contributed by atoms with Crippen molar-refractivity contribution in [1.82, 2.24) is 20.0 Å². The van der Waals surface area contributed by atoms with Crippen molar-refractivity contribution in [2.75, 3.05) is 0 Å². The fourth-order valence-corrected chi connectivity index (χ4v) is 3.66. The molecule has 4 aromatic rings. The monoisotopic (exact) mass is 414 g/mol. The molecular weight excluding hydrogens is 396 g/mol. The van der Waals surface area contributed by atoms with Gasteiger partial charge in [-0.25, -0.2) is 9.36 Å². The van der Waals surface area contributed by atoms with Crippen LogP contribution in [0.1, 0.15) is 34.3 Å². The summed E-state index contributed by atoms with van der Waals surface area (Å²) < 4.78 is 12.1. The molecule has 154 valence electrons. The number of carbonyl (C=O) groups excluding carboxylic acids is 1. The maximum Gasteiger partial charge on any atom is 0.446 e. The van der Waals surface area contributed by atoms with E-state index >= 15 is 0 Å². The van der Waals surface area contributed by atoms with Gasteiger partial charge in [0.05, 0.1) is 11.7 Å². The summed E-state index contributed by atoms with van der Waals surface area (Å²) in [5.41, 5.74) is 1.91. The fourth-order valence-electron chi connectivity index (χ4n) is 3.66. The number of nitrogens with zero attached hydrogens (tertiary/aromatic N) is 3. The van der Waals surface area contributed by atoms with Gasteiger partial charge < -0.3 is 10.1 Å². The predicted molar refractivity (Wildman–Crippen MR) is 111 cm³/mol. The molecule has 0 aliphatic carbocycles. The number of nitrogens with one attached hydrogen (secondary N) is 1. The zero-order valence-electron chi connectivity index (χ0n) is 16.4. The predicted octanol–water partition coefficient (Wildman–Crippen LogP) is 3.43. The van der Waals surface area contributed by atoms with Crippen molar-refractivity contribution in [2.24, 2.45) is 0 Å². The lowest BCUT2D eigenvalue weighted by atomic mass is 10.1. The first-order chi connectivity index (χ1) is 15.2. The molecule has 0 bridgehead atoms. The normalized spacial score (nSPS) is 14.8. The Balaban J connectivity index is 1.40. The summed E-state index contributed by atoms with van der Waals surface area (Å²) in [5, 5.41) is 6.86. The largest absolute Gasteiger partial charge is 0.457 e. The molecule has 0 saturated carbocycles. The first-order valence-electron chi connectivity index (χ1n) is 9.86. The first-order valence-corrected chi connectivity index (χ1v) is 9.86. The maximum absolute atomic E-state index is 12.9. The number of fused-ring (bicyclic) bond motifs is 3. The Labute approximate surface area is 177 Å². The summed E-state index contributed by atoms with van der Waals surface area (Å²) >= 11 is 0. The molecule has 1 N–H and O–H groups in total. The molecule has 2 aromatic carbocycles. The highest BCUT2D eigenvalue weighted by Gasteiger charge is 2.28. The van der Waals surface area contributed by atoms with E-state index in [-0.39, 0.29) is 5.69 Å². The molecule has 1 amide bonds. The Morgan fingerprint density at radius 1 is 1.06 bits per heavy atom. The summed E-state index contributed by atoms with van der Waals surface area (Å²) in [5.74, 6) is 0.544. The van der Waals surface area contributed by atoms with Crippen LogP contribution >= 0.6 is 0 Å². The third-order valence-electron chi connectivity index (χ3n) is 5.12. The van der Waals surface area contributed by atoms with Crippen LogP contribution in [0, 0.1) is 0 Å². The lowest BCUT2D eigenvalue weighted by molar-refractivity contribution is 0.0926. The van der Waals surface area contributed by atoms with Crippen molar-refractivity contribution < 1.29 is 14.1 Å². The van der Waals surface area contributed by atoms with E-state index in [1.807, 2.05) is 54.6 Å². The van der Waals surface area contributed by atoms with Gasteiger partial charge in [0.2, 0.25) is 0 Å². The van der Waals surface area contributed by atoms with E-state index in [1.165, 1.54) is 10.8 Å². The number of hydrogen-bond donors (Lipinski definition) is 1. The fraction of sp³-hybridized carbons (Fsp3) is 0.130. The summed E-state index contributed by atoms with van der Waals surface area (Å²) in [4.78, 5) is 29.4. The Morgan fingerprint density at radius 2 is 1.87 bits per heavy atom. The molecule has 0 radical (unpaired) electrons. The molecule has 1 aliphatic heterocycles. The van der Waals surface area contributed by atoms with Crippen molar-refractivity contribution >= 4 is 5.91 Å². The van der Waals surface area contributed by atoms with E-state index in [9.17, 15) is 9.59 Å². The van der Waals surface area contributed by atoms with Crippen LogP contribution in [0.5, 0.6) is 11.5 Å². The van der Waals surface area contributed by atoms with E-state index < -0.39 is 17.7 Å². The van der Waals surface area contributed by atoms with Crippen molar-refractivity contribution in [3.63, 3.8) is 0 Å². The second-order valence-corrected chi connectivity index (χ2v) is 7.13. The standard InChI is InChI=1S/C23H18N4O4/c28-22(19-14-17(12-13-24-19)30-16-7-2-1-3-8-16)25-18-11-10-15-6-4-5-9-20(15)27-21(18)26-31-23(27)29/h1-9,12-14,18H,10-11H2,(H,25,28). The van der Waals surface area contributed by atoms with E-state index in [2.05, 4.69) is 15.5 Å². The molecule has 0 spiro atoms. The molecule has 5 rings (SSSR count). The minimum absolute atomic E-state index is 0.201. The SMILES string of the molecule is O=C(NC1CCc2ccccc2-n2c1noc2=O)c1cc(Oc2ccccc2)ccn1. The number of rotatable bonds is 4. The minimum atomic E-state index is -0.583. The molecule has 8 heteroatoms. The number of pyridine rings is 1. The van der Waals surface area contributed by atoms with Crippen molar-refractivity contribution in [3.05, 3.63) is 101 Å². The van der Waals surface area contributed by atoms with Crippen LogP contribution in [0.25, 0.3) is 5.69 Å². The third-order valence-corrected chi connectivity index (χ3v) is 5.12. The average molecular weight is 414 g/mol. The zero-order valence-corrected chi connectivity index (χ0v) is 16.4. The number of carbonyl (C=O) groups is 1. The average Bonchev–Trinajstić information content (AvgIpc) is 3.10. The van der Waals surface area contributed by atoms with Gasteiger partial charge in [-0.1, -0.05) is 41.6 Å². The molecule has 1 aliphatic rings. The van der Waals surface area contributed by atoms with Crippen LogP contribution in [-0.2, 0) is 6.42 Å². The van der Waals surface area contributed by atoms with Crippen LogP contribution in [0.4, 0.5) is 0 Å². The first kappa shape index (κ1) is 18.8. The smallest absolute Gasteiger partial charge is 0.446 e.